The number of halogens is 3. The van der Waals surface area contributed by atoms with E-state index in [0.29, 0.717) is 42.0 Å². The summed E-state index contributed by atoms with van der Waals surface area (Å²) in [5.74, 6) is 0.170. The Morgan fingerprint density at radius 3 is 2.73 bits per heavy atom. The molecular weight excluding hydrogens is 345 g/mol. The van der Waals surface area contributed by atoms with E-state index in [1.165, 1.54) is 12.3 Å². The number of hydrogen-bond donors (Lipinski definition) is 0. The third kappa shape index (κ3) is 3.52. The van der Waals surface area contributed by atoms with Gasteiger partial charge in [0.2, 0.25) is 0 Å². The van der Waals surface area contributed by atoms with Gasteiger partial charge in [-0.15, -0.1) is 0 Å². The first-order chi connectivity index (χ1) is 12.3. The molecule has 0 saturated heterocycles. The summed E-state index contributed by atoms with van der Waals surface area (Å²) in [6.45, 7) is 4.72. The van der Waals surface area contributed by atoms with Crippen molar-refractivity contribution in [1.29, 1.82) is 0 Å². The van der Waals surface area contributed by atoms with Crippen molar-refractivity contribution in [2.24, 2.45) is 0 Å². The molecule has 0 fully saturated rings. The van der Waals surface area contributed by atoms with E-state index in [9.17, 15) is 18.0 Å². The molecule has 0 saturated carbocycles. The molecule has 0 unspecified atom stereocenters. The maximum Gasteiger partial charge on any atom is 0.416 e. The number of rotatable bonds is 3. The fraction of sp³-hybridized carbons (Fsp3) is 0.368. The summed E-state index contributed by atoms with van der Waals surface area (Å²) in [6.07, 6.45) is -2.22. The number of carbonyl (C=O) groups excluding carboxylic acids is 1. The SMILES string of the molecule is CCOC(=O)c1ccnc(N2CCc3ccc(C(F)(F)F)cc3C2)c1C. The molecule has 0 radical (unpaired) electrons. The van der Waals surface area contributed by atoms with Gasteiger partial charge in [-0.05, 0) is 49.6 Å². The van der Waals surface area contributed by atoms with Crippen molar-refractivity contribution in [3.05, 3.63) is 58.3 Å². The highest BCUT2D eigenvalue weighted by atomic mass is 19.4. The molecule has 1 aliphatic rings. The van der Waals surface area contributed by atoms with Gasteiger partial charge in [0.25, 0.3) is 0 Å². The minimum atomic E-state index is -4.37. The van der Waals surface area contributed by atoms with Crippen molar-refractivity contribution in [2.45, 2.75) is 33.0 Å². The summed E-state index contributed by atoms with van der Waals surface area (Å²) in [5, 5.41) is 0. The van der Waals surface area contributed by atoms with Crippen LogP contribution in [0.15, 0.2) is 30.5 Å². The predicted molar refractivity (Wildman–Crippen MR) is 91.1 cm³/mol. The first-order valence-electron chi connectivity index (χ1n) is 8.38. The number of hydrogen-bond acceptors (Lipinski definition) is 4. The molecule has 26 heavy (non-hydrogen) atoms. The Bertz CT molecular complexity index is 834. The first kappa shape index (κ1) is 18.2. The molecule has 0 aliphatic carbocycles. The first-order valence-corrected chi connectivity index (χ1v) is 8.38. The molecule has 138 valence electrons. The predicted octanol–water partition coefficient (Wildman–Crippen LogP) is 4.15. The highest BCUT2D eigenvalue weighted by Gasteiger charge is 2.32. The molecule has 0 atom stereocenters. The Labute approximate surface area is 149 Å². The molecule has 4 nitrogen and oxygen atoms in total. The van der Waals surface area contributed by atoms with E-state index < -0.39 is 17.7 Å². The Morgan fingerprint density at radius 2 is 2.04 bits per heavy atom. The Kier molecular flexibility index (Phi) is 4.89. The fourth-order valence-corrected chi connectivity index (χ4v) is 3.19. The third-order valence-electron chi connectivity index (χ3n) is 4.52. The zero-order chi connectivity index (χ0) is 18.9. The maximum absolute atomic E-state index is 13.0. The van der Waals surface area contributed by atoms with Gasteiger partial charge in [-0.3, -0.25) is 0 Å². The number of ether oxygens (including phenoxy) is 1. The van der Waals surface area contributed by atoms with E-state index in [1.807, 2.05) is 4.90 Å². The number of esters is 1. The van der Waals surface area contributed by atoms with E-state index in [4.69, 9.17) is 4.74 Å². The zero-order valence-electron chi connectivity index (χ0n) is 14.6. The van der Waals surface area contributed by atoms with Crippen molar-refractivity contribution < 1.29 is 22.7 Å². The monoisotopic (exact) mass is 364 g/mol. The average molecular weight is 364 g/mol. The van der Waals surface area contributed by atoms with Crippen LogP contribution in [0.3, 0.4) is 0 Å². The van der Waals surface area contributed by atoms with Gasteiger partial charge < -0.3 is 9.64 Å². The minimum absolute atomic E-state index is 0.271. The van der Waals surface area contributed by atoms with E-state index in [-0.39, 0.29) is 6.61 Å². The molecule has 7 heteroatoms. The van der Waals surface area contributed by atoms with Crippen molar-refractivity contribution >= 4 is 11.8 Å². The Balaban J connectivity index is 1.91. The number of nitrogens with zero attached hydrogens (tertiary/aromatic N) is 2. The normalized spacial score (nSPS) is 14.1. The lowest BCUT2D eigenvalue weighted by molar-refractivity contribution is -0.137. The molecule has 0 N–H and O–H groups in total. The number of benzene rings is 1. The number of alkyl halides is 3. The summed E-state index contributed by atoms with van der Waals surface area (Å²) in [5.41, 5.74) is 1.98. The molecule has 0 amide bonds. The van der Waals surface area contributed by atoms with E-state index in [2.05, 4.69) is 4.98 Å². The largest absolute Gasteiger partial charge is 0.462 e. The van der Waals surface area contributed by atoms with Crippen molar-refractivity contribution in [1.82, 2.24) is 4.98 Å². The van der Waals surface area contributed by atoms with Crippen LogP contribution in [0.1, 0.15) is 39.5 Å². The van der Waals surface area contributed by atoms with Crippen LogP contribution in [0.4, 0.5) is 19.0 Å². The van der Waals surface area contributed by atoms with Crippen LogP contribution in [0.5, 0.6) is 0 Å². The molecule has 0 bridgehead atoms. The van der Waals surface area contributed by atoms with Crippen LogP contribution in [-0.4, -0.2) is 24.1 Å². The Hall–Kier alpha value is -2.57. The fourth-order valence-electron chi connectivity index (χ4n) is 3.19. The lowest BCUT2D eigenvalue weighted by atomic mass is 9.96. The van der Waals surface area contributed by atoms with Gasteiger partial charge in [-0.1, -0.05) is 6.07 Å². The molecule has 1 aliphatic heterocycles. The van der Waals surface area contributed by atoms with Crippen LogP contribution in [0.25, 0.3) is 0 Å². The average Bonchev–Trinajstić information content (AvgIpc) is 2.60. The lowest BCUT2D eigenvalue weighted by Gasteiger charge is -2.31. The van der Waals surface area contributed by atoms with Gasteiger partial charge in [0.05, 0.1) is 17.7 Å². The zero-order valence-corrected chi connectivity index (χ0v) is 14.6. The number of carbonyl (C=O) groups is 1. The third-order valence-corrected chi connectivity index (χ3v) is 4.52. The van der Waals surface area contributed by atoms with Crippen LogP contribution in [0.2, 0.25) is 0 Å². The number of pyridine rings is 1. The highest BCUT2D eigenvalue weighted by Crippen LogP contribution is 2.33. The van der Waals surface area contributed by atoms with Crippen LogP contribution >= 0.6 is 0 Å². The van der Waals surface area contributed by atoms with Gasteiger partial charge in [0.1, 0.15) is 5.82 Å². The molecule has 1 aromatic heterocycles. The quantitative estimate of drug-likeness (QED) is 0.768. The summed E-state index contributed by atoms with van der Waals surface area (Å²) in [6, 6.07) is 5.46. The molecule has 2 heterocycles. The summed E-state index contributed by atoms with van der Waals surface area (Å²) >= 11 is 0. The van der Waals surface area contributed by atoms with Crippen molar-refractivity contribution in [3.8, 4) is 0 Å². The number of anilines is 1. The van der Waals surface area contributed by atoms with Crippen molar-refractivity contribution in [3.63, 3.8) is 0 Å². The lowest BCUT2D eigenvalue weighted by Crippen LogP contribution is -2.32. The topological polar surface area (TPSA) is 42.4 Å². The highest BCUT2D eigenvalue weighted by molar-refractivity contribution is 5.92. The standard InChI is InChI=1S/C19H19F3N2O2/c1-3-26-18(25)16-6-8-23-17(12(16)2)24-9-7-13-4-5-15(19(20,21)22)10-14(13)11-24/h4-6,8,10H,3,7,9,11H2,1-2H3. The van der Waals surface area contributed by atoms with E-state index in [0.717, 1.165) is 11.6 Å². The van der Waals surface area contributed by atoms with Gasteiger partial charge in [0, 0.05) is 24.8 Å². The molecular formula is C19H19F3N2O2. The molecule has 2 aromatic rings. The van der Waals surface area contributed by atoms with Crippen molar-refractivity contribution in [2.75, 3.05) is 18.1 Å². The summed E-state index contributed by atoms with van der Waals surface area (Å²) in [4.78, 5) is 18.3. The minimum Gasteiger partial charge on any atom is -0.462 e. The smallest absolute Gasteiger partial charge is 0.416 e. The van der Waals surface area contributed by atoms with Crippen LogP contribution in [-0.2, 0) is 23.9 Å². The molecule has 3 rings (SSSR count). The number of aromatic nitrogens is 1. The Morgan fingerprint density at radius 1 is 1.27 bits per heavy atom. The van der Waals surface area contributed by atoms with Gasteiger partial charge in [-0.2, -0.15) is 13.2 Å². The van der Waals surface area contributed by atoms with E-state index in [1.54, 1.807) is 26.0 Å². The van der Waals surface area contributed by atoms with Gasteiger partial charge >= 0.3 is 12.1 Å². The van der Waals surface area contributed by atoms with Crippen LogP contribution in [0, 0.1) is 6.92 Å². The second-order valence-electron chi connectivity index (χ2n) is 6.18. The van der Waals surface area contributed by atoms with E-state index >= 15 is 0 Å². The molecule has 0 spiro atoms. The maximum atomic E-state index is 13.0. The van der Waals surface area contributed by atoms with Crippen LogP contribution < -0.4 is 4.90 Å². The molecule has 1 aromatic carbocycles. The summed E-state index contributed by atoms with van der Waals surface area (Å²) in [7, 11) is 0. The summed E-state index contributed by atoms with van der Waals surface area (Å²) < 4.78 is 44.0. The second kappa shape index (κ2) is 6.97. The number of fused-ring (bicyclic) bond motifs is 1. The van der Waals surface area contributed by atoms with Gasteiger partial charge in [0.15, 0.2) is 0 Å². The van der Waals surface area contributed by atoms with Gasteiger partial charge in [-0.25, -0.2) is 9.78 Å². The second-order valence-corrected chi connectivity index (χ2v) is 6.18.